The Morgan fingerprint density at radius 3 is 2.62 bits per heavy atom. The molecule has 3 aromatic rings. The molecular weight excluding hydrogens is 493 g/mol. The lowest BCUT2D eigenvalue weighted by atomic mass is 9.80. The first-order valence-corrected chi connectivity index (χ1v) is 14.6. The van der Waals surface area contributed by atoms with Gasteiger partial charge >= 0.3 is 5.97 Å². The van der Waals surface area contributed by atoms with Gasteiger partial charge in [0.15, 0.2) is 5.65 Å². The Labute approximate surface area is 230 Å². The van der Waals surface area contributed by atoms with Gasteiger partial charge in [-0.1, -0.05) is 31.4 Å². The molecule has 1 N–H and O–H groups in total. The van der Waals surface area contributed by atoms with Gasteiger partial charge in [0.05, 0.1) is 6.20 Å². The van der Waals surface area contributed by atoms with E-state index >= 15 is 0 Å². The molecule has 39 heavy (non-hydrogen) atoms. The Morgan fingerprint density at radius 2 is 1.92 bits per heavy atom. The molecule has 2 aromatic heterocycles. The first kappa shape index (κ1) is 26.4. The van der Waals surface area contributed by atoms with E-state index in [0.717, 1.165) is 80.9 Å². The Balaban J connectivity index is 1.16. The standard InChI is InChI=1S/C31H40FN5O2/c1-20-13-21(2)37-30(34-20)27(16-33-37)23-9-11-35(12-10-23)17-25-18-36(29(31(38)39)14-22-5-3-6-22)19-28(25)24-7-4-8-26(32)15-24/h4,7-8,13,15-16,22-23,25,28-29H,3,5-6,9-12,14,17-19H2,1-2H3,(H,38,39). The van der Waals surface area contributed by atoms with Crippen LogP contribution in [0.3, 0.4) is 0 Å². The van der Waals surface area contributed by atoms with Crippen LogP contribution in [0.25, 0.3) is 5.65 Å². The van der Waals surface area contributed by atoms with Crippen LogP contribution in [0.4, 0.5) is 4.39 Å². The Bertz CT molecular complexity index is 1330. The molecular formula is C31H40FN5O2. The van der Waals surface area contributed by atoms with E-state index in [4.69, 9.17) is 4.98 Å². The quantitative estimate of drug-likeness (QED) is 0.438. The third-order valence-corrected chi connectivity index (χ3v) is 9.58. The Morgan fingerprint density at radius 1 is 1.13 bits per heavy atom. The van der Waals surface area contributed by atoms with E-state index in [1.54, 1.807) is 12.1 Å². The van der Waals surface area contributed by atoms with Gasteiger partial charge in [0.1, 0.15) is 11.9 Å². The van der Waals surface area contributed by atoms with Gasteiger partial charge < -0.3 is 10.0 Å². The molecule has 3 aliphatic rings. The van der Waals surface area contributed by atoms with E-state index in [-0.39, 0.29) is 17.7 Å². The number of rotatable bonds is 8. The molecule has 1 aromatic carbocycles. The summed E-state index contributed by atoms with van der Waals surface area (Å²) in [7, 11) is 0. The van der Waals surface area contributed by atoms with Crippen LogP contribution in [-0.2, 0) is 4.79 Å². The number of carboxylic acid groups (broad SMARTS) is 1. The topological polar surface area (TPSA) is 74.0 Å². The molecule has 3 fully saturated rings. The first-order chi connectivity index (χ1) is 18.9. The highest BCUT2D eigenvalue weighted by Crippen LogP contribution is 2.39. The minimum atomic E-state index is -0.714. The van der Waals surface area contributed by atoms with Crippen LogP contribution in [-0.4, -0.2) is 74.2 Å². The van der Waals surface area contributed by atoms with Gasteiger partial charge in [-0.3, -0.25) is 9.69 Å². The van der Waals surface area contributed by atoms with Crippen molar-refractivity contribution < 1.29 is 14.3 Å². The van der Waals surface area contributed by atoms with Crippen molar-refractivity contribution in [2.24, 2.45) is 11.8 Å². The van der Waals surface area contributed by atoms with Gasteiger partial charge in [0.2, 0.25) is 0 Å². The summed E-state index contributed by atoms with van der Waals surface area (Å²) in [6.45, 7) is 8.43. The second kappa shape index (κ2) is 11.0. The summed E-state index contributed by atoms with van der Waals surface area (Å²) in [5.41, 5.74) is 5.34. The molecule has 0 bridgehead atoms. The number of carboxylic acids is 1. The number of benzene rings is 1. The number of fused-ring (bicyclic) bond motifs is 1. The minimum absolute atomic E-state index is 0.136. The number of halogens is 1. The summed E-state index contributed by atoms with van der Waals surface area (Å²) in [4.78, 5) is 21.8. The summed E-state index contributed by atoms with van der Waals surface area (Å²) in [6.07, 6.45) is 8.34. The van der Waals surface area contributed by atoms with Gasteiger partial charge in [0.25, 0.3) is 0 Å². The monoisotopic (exact) mass is 533 g/mol. The average Bonchev–Trinajstić information content (AvgIpc) is 3.48. The van der Waals surface area contributed by atoms with Crippen molar-refractivity contribution >= 4 is 11.6 Å². The highest BCUT2D eigenvalue weighted by atomic mass is 19.1. The molecule has 2 saturated heterocycles. The highest BCUT2D eigenvalue weighted by molar-refractivity contribution is 5.73. The molecule has 8 heteroatoms. The van der Waals surface area contributed by atoms with E-state index in [1.807, 2.05) is 23.7 Å². The van der Waals surface area contributed by atoms with Crippen LogP contribution in [0.5, 0.6) is 0 Å². The van der Waals surface area contributed by atoms with Gasteiger partial charge in [-0.25, -0.2) is 13.9 Å². The van der Waals surface area contributed by atoms with Crippen LogP contribution in [0.2, 0.25) is 0 Å². The van der Waals surface area contributed by atoms with Gasteiger partial charge in [-0.15, -0.1) is 0 Å². The van der Waals surface area contributed by atoms with Crippen molar-refractivity contribution in [2.75, 3.05) is 32.7 Å². The van der Waals surface area contributed by atoms with Gasteiger partial charge in [0, 0.05) is 42.5 Å². The normalized spacial score (nSPS) is 24.3. The number of hydrogen-bond acceptors (Lipinski definition) is 5. The van der Waals surface area contributed by atoms with Crippen molar-refractivity contribution in [1.29, 1.82) is 0 Å². The van der Waals surface area contributed by atoms with Crippen LogP contribution >= 0.6 is 0 Å². The summed E-state index contributed by atoms with van der Waals surface area (Å²) in [6, 6.07) is 8.56. The van der Waals surface area contributed by atoms with E-state index in [1.165, 1.54) is 18.1 Å². The fourth-order valence-electron chi connectivity index (χ4n) is 7.24. The number of piperidine rings is 1. The van der Waals surface area contributed by atoms with Crippen molar-refractivity contribution in [2.45, 2.75) is 70.3 Å². The number of hydrogen-bond donors (Lipinski definition) is 1. The summed E-state index contributed by atoms with van der Waals surface area (Å²) in [5.74, 6) is 0.437. The van der Waals surface area contributed by atoms with Gasteiger partial charge in [-0.2, -0.15) is 5.10 Å². The third-order valence-electron chi connectivity index (χ3n) is 9.58. The number of likely N-dealkylation sites (tertiary alicyclic amines) is 2. The lowest BCUT2D eigenvalue weighted by molar-refractivity contribution is -0.144. The van der Waals surface area contributed by atoms with Crippen LogP contribution < -0.4 is 0 Å². The lowest BCUT2D eigenvalue weighted by Gasteiger charge is -2.35. The zero-order valence-corrected chi connectivity index (χ0v) is 23.1. The number of aryl methyl sites for hydroxylation is 2. The predicted molar refractivity (Wildman–Crippen MR) is 148 cm³/mol. The first-order valence-electron chi connectivity index (χ1n) is 14.6. The van der Waals surface area contributed by atoms with Crippen LogP contribution in [0.15, 0.2) is 36.5 Å². The molecule has 4 heterocycles. The number of carbonyl (C=O) groups is 1. The molecule has 0 amide bonds. The molecule has 7 nitrogen and oxygen atoms in total. The lowest BCUT2D eigenvalue weighted by Crippen LogP contribution is -2.43. The molecule has 0 radical (unpaired) electrons. The molecule has 6 rings (SSSR count). The Kier molecular flexibility index (Phi) is 7.42. The van der Waals surface area contributed by atoms with Crippen molar-refractivity contribution in [3.05, 3.63) is 64.9 Å². The largest absolute Gasteiger partial charge is 0.480 e. The van der Waals surface area contributed by atoms with Crippen molar-refractivity contribution in [1.82, 2.24) is 24.4 Å². The smallest absolute Gasteiger partial charge is 0.320 e. The summed E-state index contributed by atoms with van der Waals surface area (Å²) in [5, 5.41) is 14.7. The fourth-order valence-corrected chi connectivity index (χ4v) is 7.24. The maximum absolute atomic E-state index is 14.2. The molecule has 3 atom stereocenters. The van der Waals surface area contributed by atoms with E-state index in [9.17, 15) is 14.3 Å². The van der Waals surface area contributed by atoms with E-state index < -0.39 is 12.0 Å². The maximum Gasteiger partial charge on any atom is 0.320 e. The zero-order chi connectivity index (χ0) is 27.1. The molecule has 1 aliphatic carbocycles. The predicted octanol–water partition coefficient (Wildman–Crippen LogP) is 5.02. The SMILES string of the molecule is Cc1cc(C)n2ncc(C3CCN(CC4CN(C(CC5CCC5)C(=O)O)CC4c4cccc(F)c4)CC3)c2n1. The second-order valence-corrected chi connectivity index (χ2v) is 12.2. The number of aliphatic carboxylic acids is 1. The summed E-state index contributed by atoms with van der Waals surface area (Å²) < 4.78 is 16.2. The van der Waals surface area contributed by atoms with Crippen LogP contribution in [0.1, 0.15) is 72.9 Å². The molecule has 3 unspecified atom stereocenters. The van der Waals surface area contributed by atoms with Crippen molar-refractivity contribution in [3.8, 4) is 0 Å². The summed E-state index contributed by atoms with van der Waals surface area (Å²) >= 11 is 0. The highest BCUT2D eigenvalue weighted by Gasteiger charge is 2.41. The van der Waals surface area contributed by atoms with Crippen molar-refractivity contribution in [3.63, 3.8) is 0 Å². The average molecular weight is 534 g/mol. The number of aromatic nitrogens is 3. The zero-order valence-electron chi connectivity index (χ0n) is 23.1. The molecule has 0 spiro atoms. The molecule has 2 aliphatic heterocycles. The van der Waals surface area contributed by atoms with Gasteiger partial charge in [-0.05, 0) is 87.7 Å². The number of nitrogens with zero attached hydrogens (tertiary/aromatic N) is 5. The minimum Gasteiger partial charge on any atom is -0.480 e. The maximum atomic E-state index is 14.2. The third kappa shape index (κ3) is 5.46. The fraction of sp³-hybridized carbons (Fsp3) is 0.581. The molecule has 208 valence electrons. The van der Waals surface area contributed by atoms with E-state index in [0.29, 0.717) is 18.4 Å². The molecule has 1 saturated carbocycles. The van der Waals surface area contributed by atoms with E-state index in [2.05, 4.69) is 27.9 Å². The Hall–Kier alpha value is -2.84. The second-order valence-electron chi connectivity index (χ2n) is 12.2. The van der Waals surface area contributed by atoms with Crippen LogP contribution in [0, 0.1) is 31.5 Å².